The number of nitrogens with one attached hydrogen (secondary N) is 1. The number of halogens is 1. The zero-order valence-electron chi connectivity index (χ0n) is 15.0. The highest BCUT2D eigenvalue weighted by molar-refractivity contribution is 5.94. The Kier molecular flexibility index (Phi) is 8.81. The molecule has 0 unspecified atom stereocenters. The van der Waals surface area contributed by atoms with E-state index in [9.17, 15) is 9.59 Å². The van der Waals surface area contributed by atoms with Crippen LogP contribution in [0.1, 0.15) is 27.9 Å². The molecule has 0 spiro atoms. The third kappa shape index (κ3) is 7.37. The van der Waals surface area contributed by atoms with E-state index >= 15 is 0 Å². The van der Waals surface area contributed by atoms with Gasteiger partial charge in [0.15, 0.2) is 5.96 Å². The molecule has 0 heterocycles. The maximum Gasteiger partial charge on any atom is 0.305 e. The SMILES string of the molecule is COC(=O)CCc1ccc(CNC(=O)c2ccc(N=C(N)N)cc2)cc1.Cl. The lowest BCUT2D eigenvalue weighted by Crippen LogP contribution is -2.23. The molecule has 5 N–H and O–H groups in total. The molecule has 0 bridgehead atoms. The zero-order chi connectivity index (χ0) is 18.9. The number of hydrogen-bond acceptors (Lipinski definition) is 4. The second kappa shape index (κ2) is 10.8. The number of nitrogens with two attached hydrogens (primary N) is 2. The first-order valence-corrected chi connectivity index (χ1v) is 8.10. The van der Waals surface area contributed by atoms with Crippen molar-refractivity contribution in [1.29, 1.82) is 0 Å². The average molecular weight is 391 g/mol. The molecule has 144 valence electrons. The summed E-state index contributed by atoms with van der Waals surface area (Å²) < 4.78 is 4.62. The zero-order valence-corrected chi connectivity index (χ0v) is 15.8. The Morgan fingerprint density at radius 1 is 1.00 bits per heavy atom. The number of guanidine groups is 1. The third-order valence-corrected chi connectivity index (χ3v) is 3.71. The topological polar surface area (TPSA) is 120 Å². The molecular formula is C19H23ClN4O3. The first-order chi connectivity index (χ1) is 12.5. The van der Waals surface area contributed by atoms with Crippen LogP contribution in [-0.2, 0) is 22.5 Å². The normalized spacial score (nSPS) is 9.67. The first kappa shape index (κ1) is 22.0. The molecule has 0 atom stereocenters. The Morgan fingerprint density at radius 2 is 1.59 bits per heavy atom. The summed E-state index contributed by atoms with van der Waals surface area (Å²) in [5, 5.41) is 2.86. The van der Waals surface area contributed by atoms with Gasteiger partial charge in [-0.3, -0.25) is 9.59 Å². The minimum absolute atomic E-state index is 0. The van der Waals surface area contributed by atoms with Crippen LogP contribution in [0.4, 0.5) is 5.69 Å². The Hall–Kier alpha value is -3.06. The van der Waals surface area contributed by atoms with Crippen LogP contribution in [0.3, 0.4) is 0 Å². The van der Waals surface area contributed by atoms with Crippen LogP contribution in [0.15, 0.2) is 53.5 Å². The number of carbonyl (C=O) groups is 2. The average Bonchev–Trinajstić information content (AvgIpc) is 2.65. The Morgan fingerprint density at radius 3 is 2.15 bits per heavy atom. The van der Waals surface area contributed by atoms with Crippen molar-refractivity contribution in [3.63, 3.8) is 0 Å². The van der Waals surface area contributed by atoms with Gasteiger partial charge in [-0.05, 0) is 41.8 Å². The molecule has 0 saturated heterocycles. The minimum atomic E-state index is -0.229. The summed E-state index contributed by atoms with van der Waals surface area (Å²) in [6, 6.07) is 14.4. The van der Waals surface area contributed by atoms with Crippen LogP contribution < -0.4 is 16.8 Å². The molecule has 8 heteroatoms. The van der Waals surface area contributed by atoms with E-state index in [1.165, 1.54) is 7.11 Å². The highest BCUT2D eigenvalue weighted by atomic mass is 35.5. The lowest BCUT2D eigenvalue weighted by Gasteiger charge is -2.07. The van der Waals surface area contributed by atoms with Crippen LogP contribution in [-0.4, -0.2) is 24.9 Å². The maximum atomic E-state index is 12.2. The highest BCUT2D eigenvalue weighted by Crippen LogP contribution is 2.13. The van der Waals surface area contributed by atoms with Crippen molar-refractivity contribution in [2.24, 2.45) is 16.5 Å². The van der Waals surface area contributed by atoms with E-state index in [-0.39, 0.29) is 30.2 Å². The fourth-order valence-electron chi connectivity index (χ4n) is 2.29. The fraction of sp³-hybridized carbons (Fsp3) is 0.211. The number of benzene rings is 2. The number of nitrogens with zero attached hydrogens (tertiary/aromatic N) is 1. The van der Waals surface area contributed by atoms with Crippen LogP contribution in [0, 0.1) is 0 Å². The molecule has 2 rings (SSSR count). The van der Waals surface area contributed by atoms with Gasteiger partial charge < -0.3 is 21.5 Å². The summed E-state index contributed by atoms with van der Waals surface area (Å²) in [5.41, 5.74) is 13.7. The van der Waals surface area contributed by atoms with Crippen molar-refractivity contribution in [3.8, 4) is 0 Å². The number of hydrogen-bond donors (Lipinski definition) is 3. The molecule has 2 aromatic carbocycles. The van der Waals surface area contributed by atoms with Gasteiger partial charge in [0.25, 0.3) is 5.91 Å². The lowest BCUT2D eigenvalue weighted by atomic mass is 10.1. The molecule has 0 aliphatic carbocycles. The predicted molar refractivity (Wildman–Crippen MR) is 107 cm³/mol. The largest absolute Gasteiger partial charge is 0.469 e. The number of ether oxygens (including phenoxy) is 1. The first-order valence-electron chi connectivity index (χ1n) is 8.10. The van der Waals surface area contributed by atoms with Gasteiger partial charge in [-0.25, -0.2) is 4.99 Å². The van der Waals surface area contributed by atoms with Gasteiger partial charge in [-0.1, -0.05) is 24.3 Å². The molecule has 0 radical (unpaired) electrons. The van der Waals surface area contributed by atoms with Crippen molar-refractivity contribution in [2.45, 2.75) is 19.4 Å². The Balaban J connectivity index is 0.00000364. The van der Waals surface area contributed by atoms with Crippen LogP contribution in [0.25, 0.3) is 0 Å². The minimum Gasteiger partial charge on any atom is -0.469 e. The summed E-state index contributed by atoms with van der Waals surface area (Å²) in [6.07, 6.45) is 0.976. The molecule has 0 aliphatic rings. The summed E-state index contributed by atoms with van der Waals surface area (Å²) in [7, 11) is 1.38. The molecular weight excluding hydrogens is 368 g/mol. The highest BCUT2D eigenvalue weighted by Gasteiger charge is 2.06. The molecule has 0 aliphatic heterocycles. The second-order valence-corrected chi connectivity index (χ2v) is 5.66. The Labute approximate surface area is 164 Å². The van der Waals surface area contributed by atoms with E-state index in [1.54, 1.807) is 24.3 Å². The van der Waals surface area contributed by atoms with E-state index in [0.29, 0.717) is 30.6 Å². The van der Waals surface area contributed by atoms with Crippen LogP contribution in [0.5, 0.6) is 0 Å². The molecule has 0 fully saturated rings. The predicted octanol–water partition coefficient (Wildman–Crippen LogP) is 2.05. The maximum absolute atomic E-state index is 12.2. The Bertz CT molecular complexity index is 786. The molecule has 1 amide bonds. The van der Waals surface area contributed by atoms with Crippen LogP contribution in [0.2, 0.25) is 0 Å². The summed E-state index contributed by atoms with van der Waals surface area (Å²) in [4.78, 5) is 27.2. The van der Waals surface area contributed by atoms with Crippen molar-refractivity contribution in [2.75, 3.05) is 7.11 Å². The van der Waals surface area contributed by atoms with Gasteiger partial charge in [0.2, 0.25) is 0 Å². The number of methoxy groups -OCH3 is 1. The van der Waals surface area contributed by atoms with E-state index < -0.39 is 0 Å². The number of rotatable bonds is 7. The lowest BCUT2D eigenvalue weighted by molar-refractivity contribution is -0.140. The molecule has 27 heavy (non-hydrogen) atoms. The van der Waals surface area contributed by atoms with Crippen molar-refractivity contribution in [3.05, 3.63) is 65.2 Å². The smallest absolute Gasteiger partial charge is 0.305 e. The van der Waals surface area contributed by atoms with E-state index in [1.807, 2.05) is 24.3 Å². The fourth-order valence-corrected chi connectivity index (χ4v) is 2.29. The number of amides is 1. The number of aliphatic imine (C=N–C) groups is 1. The third-order valence-electron chi connectivity index (χ3n) is 3.71. The summed E-state index contributed by atoms with van der Waals surface area (Å²) in [5.74, 6) is -0.444. The van der Waals surface area contributed by atoms with E-state index in [0.717, 1.165) is 11.1 Å². The van der Waals surface area contributed by atoms with Gasteiger partial charge >= 0.3 is 5.97 Å². The quantitative estimate of drug-likeness (QED) is 0.379. The van der Waals surface area contributed by atoms with Gasteiger partial charge in [0, 0.05) is 18.5 Å². The van der Waals surface area contributed by atoms with Crippen molar-refractivity contribution in [1.82, 2.24) is 5.32 Å². The summed E-state index contributed by atoms with van der Waals surface area (Å²) >= 11 is 0. The monoisotopic (exact) mass is 390 g/mol. The van der Waals surface area contributed by atoms with Crippen molar-refractivity contribution >= 4 is 35.9 Å². The summed E-state index contributed by atoms with van der Waals surface area (Å²) in [6.45, 7) is 0.408. The van der Waals surface area contributed by atoms with E-state index in [4.69, 9.17) is 11.5 Å². The molecule has 2 aromatic rings. The number of carbonyl (C=O) groups excluding carboxylic acids is 2. The van der Waals surface area contributed by atoms with Gasteiger partial charge in [-0.2, -0.15) is 0 Å². The van der Waals surface area contributed by atoms with Gasteiger partial charge in [0.1, 0.15) is 0 Å². The van der Waals surface area contributed by atoms with Gasteiger partial charge in [0.05, 0.1) is 12.8 Å². The van der Waals surface area contributed by atoms with Gasteiger partial charge in [-0.15, -0.1) is 12.4 Å². The van der Waals surface area contributed by atoms with Crippen LogP contribution >= 0.6 is 12.4 Å². The number of aryl methyl sites for hydroxylation is 1. The number of esters is 1. The standard InChI is InChI=1S/C19H22N4O3.ClH/c1-26-17(24)11-6-13-2-4-14(5-3-13)12-22-18(25)15-7-9-16(10-8-15)23-19(20)21;/h2-5,7-10H,6,11-12H2,1H3,(H,22,25)(H4,20,21,23);1H. The molecule has 0 aromatic heterocycles. The molecule has 0 saturated carbocycles. The van der Waals surface area contributed by atoms with E-state index in [2.05, 4.69) is 15.0 Å². The second-order valence-electron chi connectivity index (χ2n) is 5.66. The molecule has 7 nitrogen and oxygen atoms in total. The van der Waals surface area contributed by atoms with Crippen molar-refractivity contribution < 1.29 is 14.3 Å².